The van der Waals surface area contributed by atoms with Crippen LogP contribution in [0, 0.1) is 6.92 Å². The Morgan fingerprint density at radius 2 is 2.31 bits per heavy atom. The highest BCUT2D eigenvalue weighted by molar-refractivity contribution is 5.91. The summed E-state index contributed by atoms with van der Waals surface area (Å²) >= 11 is 0. The minimum atomic E-state index is -1.03. The number of aromatic carboxylic acids is 1. The topological polar surface area (TPSA) is 63.3 Å². The van der Waals surface area contributed by atoms with Gasteiger partial charge in [0, 0.05) is 17.5 Å². The first-order chi connectivity index (χ1) is 7.66. The Labute approximate surface area is 91.5 Å². The summed E-state index contributed by atoms with van der Waals surface area (Å²) in [6, 6.07) is 6.02. The Hall–Kier alpha value is -2.10. The largest absolute Gasteiger partial charge is 0.476 e. The predicted octanol–water partition coefficient (Wildman–Crippen LogP) is 2.25. The third-order valence-electron chi connectivity index (χ3n) is 2.87. The van der Waals surface area contributed by atoms with Crippen LogP contribution in [0.15, 0.2) is 22.7 Å². The highest BCUT2D eigenvalue weighted by Gasteiger charge is 2.29. The van der Waals surface area contributed by atoms with Crippen molar-refractivity contribution in [2.24, 2.45) is 0 Å². The fourth-order valence-electron chi connectivity index (χ4n) is 2.10. The van der Waals surface area contributed by atoms with E-state index in [9.17, 15) is 4.79 Å². The van der Waals surface area contributed by atoms with Crippen LogP contribution in [0.3, 0.4) is 0 Å². The third kappa shape index (κ3) is 1.10. The highest BCUT2D eigenvalue weighted by atomic mass is 16.5. The quantitative estimate of drug-likeness (QED) is 0.676. The van der Waals surface area contributed by atoms with Gasteiger partial charge in [0.05, 0.1) is 0 Å². The number of benzene rings is 1. The molecule has 2 aromatic rings. The monoisotopic (exact) mass is 215 g/mol. The summed E-state index contributed by atoms with van der Waals surface area (Å²) in [6.45, 7) is 1.99. The molecule has 80 valence electrons. The van der Waals surface area contributed by atoms with Crippen molar-refractivity contribution in [1.82, 2.24) is 5.16 Å². The number of hydrogen-bond acceptors (Lipinski definition) is 3. The van der Waals surface area contributed by atoms with Gasteiger partial charge in [-0.25, -0.2) is 4.79 Å². The maximum absolute atomic E-state index is 10.9. The smallest absolute Gasteiger partial charge is 0.358 e. The molecule has 1 aliphatic carbocycles. The molecule has 1 aliphatic rings. The molecule has 1 heterocycles. The van der Waals surface area contributed by atoms with Gasteiger partial charge in [-0.3, -0.25) is 0 Å². The summed E-state index contributed by atoms with van der Waals surface area (Å²) in [5, 5.41) is 12.5. The number of carboxylic acids is 1. The van der Waals surface area contributed by atoms with E-state index in [0.29, 0.717) is 17.7 Å². The summed E-state index contributed by atoms with van der Waals surface area (Å²) < 4.78 is 5.12. The molecule has 16 heavy (non-hydrogen) atoms. The van der Waals surface area contributed by atoms with Gasteiger partial charge in [-0.15, -0.1) is 0 Å². The molecule has 0 spiro atoms. The first-order valence-corrected chi connectivity index (χ1v) is 4.98. The van der Waals surface area contributed by atoms with Crippen molar-refractivity contribution in [3.63, 3.8) is 0 Å². The molecule has 1 aromatic heterocycles. The molecular formula is C12H9NO3. The number of hydrogen-bond donors (Lipinski definition) is 1. The van der Waals surface area contributed by atoms with Gasteiger partial charge in [-0.05, 0) is 18.6 Å². The van der Waals surface area contributed by atoms with Gasteiger partial charge in [0.15, 0.2) is 11.5 Å². The summed E-state index contributed by atoms with van der Waals surface area (Å²) in [5.41, 5.74) is 3.91. The molecule has 4 heteroatoms. The van der Waals surface area contributed by atoms with Gasteiger partial charge in [0.2, 0.25) is 0 Å². The van der Waals surface area contributed by atoms with Crippen molar-refractivity contribution in [3.8, 4) is 11.3 Å². The molecule has 0 saturated heterocycles. The van der Waals surface area contributed by atoms with E-state index in [1.807, 2.05) is 25.1 Å². The van der Waals surface area contributed by atoms with Crippen molar-refractivity contribution in [3.05, 3.63) is 40.6 Å². The lowest BCUT2D eigenvalue weighted by Gasteiger charge is -1.98. The van der Waals surface area contributed by atoms with Crippen LogP contribution in [-0.4, -0.2) is 16.2 Å². The Morgan fingerprint density at radius 3 is 3.06 bits per heavy atom. The SMILES string of the molecule is Cc1ccc2c(c1)-c1onc(C(=O)O)c1C2. The Kier molecular flexibility index (Phi) is 1.68. The number of rotatable bonds is 1. The lowest BCUT2D eigenvalue weighted by Crippen LogP contribution is -2.00. The van der Waals surface area contributed by atoms with Crippen LogP contribution in [0.25, 0.3) is 11.3 Å². The molecule has 1 aromatic carbocycles. The number of fused-ring (bicyclic) bond motifs is 3. The average Bonchev–Trinajstić information content (AvgIpc) is 2.76. The average molecular weight is 215 g/mol. The van der Waals surface area contributed by atoms with Crippen molar-refractivity contribution < 1.29 is 14.4 Å². The van der Waals surface area contributed by atoms with E-state index in [4.69, 9.17) is 9.63 Å². The van der Waals surface area contributed by atoms with E-state index < -0.39 is 5.97 Å². The zero-order chi connectivity index (χ0) is 11.3. The van der Waals surface area contributed by atoms with Gasteiger partial charge < -0.3 is 9.63 Å². The minimum absolute atomic E-state index is 0.0313. The third-order valence-corrected chi connectivity index (χ3v) is 2.87. The molecule has 3 rings (SSSR count). The van der Waals surface area contributed by atoms with Crippen molar-refractivity contribution >= 4 is 5.97 Å². The molecule has 0 bridgehead atoms. The lowest BCUT2D eigenvalue weighted by atomic mass is 10.1. The number of aromatic nitrogens is 1. The number of aryl methyl sites for hydroxylation is 1. The van der Waals surface area contributed by atoms with E-state index >= 15 is 0 Å². The summed E-state index contributed by atoms with van der Waals surface area (Å²) in [5.74, 6) is -0.425. The normalized spacial score (nSPS) is 12.3. The van der Waals surface area contributed by atoms with Gasteiger partial charge in [-0.2, -0.15) is 0 Å². The first kappa shape index (κ1) is 9.15. The van der Waals surface area contributed by atoms with Crippen LogP contribution >= 0.6 is 0 Å². The van der Waals surface area contributed by atoms with Gasteiger partial charge in [-0.1, -0.05) is 22.9 Å². The maximum Gasteiger partial charge on any atom is 0.358 e. The second kappa shape index (κ2) is 2.95. The van der Waals surface area contributed by atoms with Crippen LogP contribution in [0.1, 0.15) is 27.2 Å². The van der Waals surface area contributed by atoms with Crippen LogP contribution < -0.4 is 0 Å². The molecule has 0 aliphatic heterocycles. The van der Waals surface area contributed by atoms with Crippen LogP contribution in [-0.2, 0) is 6.42 Å². The Balaban J connectivity index is 2.22. The second-order valence-corrected chi connectivity index (χ2v) is 3.98. The second-order valence-electron chi connectivity index (χ2n) is 3.98. The number of carboxylic acid groups (broad SMARTS) is 1. The molecule has 0 amide bonds. The molecule has 0 atom stereocenters. The van der Waals surface area contributed by atoms with Gasteiger partial charge in [0.25, 0.3) is 0 Å². The fraction of sp³-hybridized carbons (Fsp3) is 0.167. The standard InChI is InChI=1S/C12H9NO3/c1-6-2-3-7-5-9-10(12(14)15)13-16-11(9)8(7)4-6/h2-4H,5H2,1H3,(H,14,15). The van der Waals surface area contributed by atoms with E-state index in [1.54, 1.807) is 0 Å². The van der Waals surface area contributed by atoms with Crippen LogP contribution in [0.2, 0.25) is 0 Å². The van der Waals surface area contributed by atoms with Crippen LogP contribution in [0.5, 0.6) is 0 Å². The zero-order valence-electron chi connectivity index (χ0n) is 8.65. The van der Waals surface area contributed by atoms with Crippen LogP contribution in [0.4, 0.5) is 0 Å². The minimum Gasteiger partial charge on any atom is -0.476 e. The Morgan fingerprint density at radius 1 is 1.50 bits per heavy atom. The van der Waals surface area contributed by atoms with E-state index in [0.717, 1.165) is 16.7 Å². The molecule has 0 fully saturated rings. The Bertz CT molecular complexity index is 598. The highest BCUT2D eigenvalue weighted by Crippen LogP contribution is 2.38. The number of carbonyl (C=O) groups is 1. The van der Waals surface area contributed by atoms with E-state index in [-0.39, 0.29) is 5.69 Å². The van der Waals surface area contributed by atoms with Crippen molar-refractivity contribution in [2.45, 2.75) is 13.3 Å². The molecule has 4 nitrogen and oxygen atoms in total. The molecular weight excluding hydrogens is 206 g/mol. The molecule has 1 N–H and O–H groups in total. The molecule has 0 unspecified atom stereocenters. The van der Waals surface area contributed by atoms with Crippen molar-refractivity contribution in [2.75, 3.05) is 0 Å². The van der Waals surface area contributed by atoms with Gasteiger partial charge >= 0.3 is 5.97 Å². The lowest BCUT2D eigenvalue weighted by molar-refractivity contribution is 0.0685. The first-order valence-electron chi connectivity index (χ1n) is 4.98. The van der Waals surface area contributed by atoms with Gasteiger partial charge in [0.1, 0.15) is 0 Å². The van der Waals surface area contributed by atoms with E-state index in [1.165, 1.54) is 0 Å². The molecule has 0 saturated carbocycles. The maximum atomic E-state index is 10.9. The summed E-state index contributed by atoms with van der Waals surface area (Å²) in [6.07, 6.45) is 0.593. The zero-order valence-corrected chi connectivity index (χ0v) is 8.65. The van der Waals surface area contributed by atoms with Crippen molar-refractivity contribution in [1.29, 1.82) is 0 Å². The predicted molar refractivity (Wildman–Crippen MR) is 56.4 cm³/mol. The molecule has 0 radical (unpaired) electrons. The summed E-state index contributed by atoms with van der Waals surface area (Å²) in [4.78, 5) is 10.9. The number of nitrogens with zero attached hydrogens (tertiary/aromatic N) is 1. The summed E-state index contributed by atoms with van der Waals surface area (Å²) in [7, 11) is 0. The van der Waals surface area contributed by atoms with E-state index in [2.05, 4.69) is 5.16 Å². The fourth-order valence-corrected chi connectivity index (χ4v) is 2.10.